The highest BCUT2D eigenvalue weighted by Gasteiger charge is 2.53. The zero-order valence-electron chi connectivity index (χ0n) is 22.3. The maximum Gasteiger partial charge on any atom is 0.338 e. The Balaban J connectivity index is 1.75. The second-order valence-corrected chi connectivity index (χ2v) is 9.61. The monoisotopic (exact) mass is 588 g/mol. The quantitative estimate of drug-likeness (QED) is 0.0647. The van der Waals surface area contributed by atoms with Gasteiger partial charge in [-0.2, -0.15) is 0 Å². The van der Waals surface area contributed by atoms with Crippen LogP contribution in [0.2, 0.25) is 0 Å². The van der Waals surface area contributed by atoms with Crippen molar-refractivity contribution in [2.75, 3.05) is 13.2 Å². The zero-order valence-corrected chi connectivity index (χ0v) is 22.3. The molecule has 0 aromatic heterocycles. The number of hydrogen-bond acceptors (Lipinski definition) is 13. The van der Waals surface area contributed by atoms with Gasteiger partial charge in [0.2, 0.25) is 0 Å². The fourth-order valence-electron chi connectivity index (χ4n) is 4.13. The van der Waals surface area contributed by atoms with Crippen LogP contribution in [0, 0.1) is 0 Å². The SMILES string of the molecule is O=C(/C=C/c1ccc(O)c(O)c1)O[C@@H]1CC(O)(C(=O)OCCCCO)C[C@@H](OC(=O)/C=C/c2ccc(O)c(O)c2)C1O. The van der Waals surface area contributed by atoms with Crippen molar-refractivity contribution in [3.05, 3.63) is 59.7 Å². The molecule has 42 heavy (non-hydrogen) atoms. The molecule has 226 valence electrons. The third-order valence-corrected chi connectivity index (χ3v) is 6.36. The summed E-state index contributed by atoms with van der Waals surface area (Å²) in [4.78, 5) is 37.9. The van der Waals surface area contributed by atoms with Gasteiger partial charge in [0.25, 0.3) is 0 Å². The lowest BCUT2D eigenvalue weighted by Crippen LogP contribution is -2.58. The maximum atomic E-state index is 12.8. The molecule has 13 nitrogen and oxygen atoms in total. The maximum absolute atomic E-state index is 12.8. The Hall–Kier alpha value is -4.59. The minimum atomic E-state index is -2.31. The van der Waals surface area contributed by atoms with Gasteiger partial charge in [-0.3, -0.25) is 0 Å². The third-order valence-electron chi connectivity index (χ3n) is 6.36. The van der Waals surface area contributed by atoms with Crippen molar-refractivity contribution in [3.63, 3.8) is 0 Å². The number of aliphatic hydroxyl groups is 3. The van der Waals surface area contributed by atoms with Gasteiger partial charge in [-0.25, -0.2) is 14.4 Å². The number of esters is 3. The number of rotatable bonds is 11. The molecule has 1 fully saturated rings. The Morgan fingerprint density at radius 2 is 1.26 bits per heavy atom. The molecule has 7 N–H and O–H groups in total. The molecule has 3 rings (SSSR count). The van der Waals surface area contributed by atoms with Crippen LogP contribution in [0.1, 0.15) is 36.8 Å². The summed E-state index contributed by atoms with van der Waals surface area (Å²) in [6, 6.07) is 7.58. The second-order valence-electron chi connectivity index (χ2n) is 9.61. The van der Waals surface area contributed by atoms with Gasteiger partial charge in [0.1, 0.15) is 18.3 Å². The summed E-state index contributed by atoms with van der Waals surface area (Å²) in [6.07, 6.45) is -0.779. The number of phenols is 4. The van der Waals surface area contributed by atoms with Crippen LogP contribution < -0.4 is 0 Å². The number of carbonyl (C=O) groups is 3. The predicted octanol–water partition coefficient (Wildman–Crippen LogP) is 1.26. The zero-order chi connectivity index (χ0) is 30.9. The lowest BCUT2D eigenvalue weighted by atomic mass is 9.79. The highest BCUT2D eigenvalue weighted by Crippen LogP contribution is 2.34. The molecule has 1 aliphatic rings. The molecule has 2 aromatic rings. The van der Waals surface area contributed by atoms with E-state index in [0.717, 1.165) is 12.2 Å². The van der Waals surface area contributed by atoms with E-state index in [1.807, 2.05) is 0 Å². The van der Waals surface area contributed by atoms with E-state index in [-0.39, 0.29) is 24.7 Å². The van der Waals surface area contributed by atoms with E-state index in [0.29, 0.717) is 24.0 Å². The molecule has 0 bridgehead atoms. The lowest BCUT2D eigenvalue weighted by molar-refractivity contribution is -0.206. The first kappa shape index (κ1) is 31.9. The number of carbonyl (C=O) groups excluding carboxylic acids is 3. The van der Waals surface area contributed by atoms with Crippen molar-refractivity contribution in [1.29, 1.82) is 0 Å². The van der Waals surface area contributed by atoms with Crippen LogP contribution in [0.15, 0.2) is 48.6 Å². The molecule has 1 aliphatic carbocycles. The predicted molar refractivity (Wildman–Crippen MR) is 145 cm³/mol. The van der Waals surface area contributed by atoms with E-state index in [1.54, 1.807) is 0 Å². The van der Waals surface area contributed by atoms with Crippen LogP contribution in [0.25, 0.3) is 12.2 Å². The molecule has 0 unspecified atom stereocenters. The minimum Gasteiger partial charge on any atom is -0.504 e. The number of benzene rings is 2. The normalized spacial score (nSPS) is 22.2. The Kier molecular flexibility index (Phi) is 10.9. The summed E-state index contributed by atoms with van der Waals surface area (Å²) in [5, 5.41) is 69.0. The fraction of sp³-hybridized carbons (Fsp3) is 0.345. The number of unbranched alkanes of at least 4 members (excludes halogenated alkanes) is 1. The van der Waals surface area contributed by atoms with Crippen LogP contribution in [0.3, 0.4) is 0 Å². The van der Waals surface area contributed by atoms with Crippen molar-refractivity contribution in [1.82, 2.24) is 0 Å². The van der Waals surface area contributed by atoms with E-state index >= 15 is 0 Å². The summed E-state index contributed by atoms with van der Waals surface area (Å²) in [7, 11) is 0. The largest absolute Gasteiger partial charge is 0.504 e. The third kappa shape index (κ3) is 8.70. The van der Waals surface area contributed by atoms with Crippen molar-refractivity contribution in [3.8, 4) is 23.0 Å². The molecule has 0 heterocycles. The molecule has 13 heteroatoms. The summed E-state index contributed by atoms with van der Waals surface area (Å²) >= 11 is 0. The first-order chi connectivity index (χ1) is 19.9. The van der Waals surface area contributed by atoms with Gasteiger partial charge in [0.15, 0.2) is 28.6 Å². The molecule has 0 radical (unpaired) electrons. The fourth-order valence-corrected chi connectivity index (χ4v) is 4.13. The van der Waals surface area contributed by atoms with Crippen molar-refractivity contribution >= 4 is 30.1 Å². The van der Waals surface area contributed by atoms with E-state index < -0.39 is 66.2 Å². The average Bonchev–Trinajstić information content (AvgIpc) is 2.94. The van der Waals surface area contributed by atoms with Gasteiger partial charge < -0.3 is 50.0 Å². The van der Waals surface area contributed by atoms with Crippen LogP contribution in [0.5, 0.6) is 23.0 Å². The summed E-state index contributed by atoms with van der Waals surface area (Å²) in [6.45, 7) is -0.248. The Labute approximate surface area is 240 Å². The van der Waals surface area contributed by atoms with Crippen LogP contribution in [-0.2, 0) is 28.6 Å². The number of aromatic hydroxyl groups is 4. The molecule has 0 spiro atoms. The van der Waals surface area contributed by atoms with E-state index in [4.69, 9.17) is 19.3 Å². The summed E-state index contributed by atoms with van der Waals surface area (Å²) < 4.78 is 15.7. The first-order valence-corrected chi connectivity index (χ1v) is 12.9. The number of hydrogen-bond donors (Lipinski definition) is 7. The van der Waals surface area contributed by atoms with Crippen molar-refractivity contribution in [2.45, 2.75) is 49.6 Å². The minimum absolute atomic E-state index is 0.121. The van der Waals surface area contributed by atoms with Gasteiger partial charge >= 0.3 is 17.9 Å². The molecule has 0 saturated heterocycles. The van der Waals surface area contributed by atoms with Crippen LogP contribution in [0.4, 0.5) is 0 Å². The highest BCUT2D eigenvalue weighted by atomic mass is 16.6. The van der Waals surface area contributed by atoms with Crippen molar-refractivity contribution < 1.29 is 64.3 Å². The van der Waals surface area contributed by atoms with Gasteiger partial charge in [-0.1, -0.05) is 12.1 Å². The van der Waals surface area contributed by atoms with Gasteiger partial charge in [0.05, 0.1) is 6.61 Å². The summed E-state index contributed by atoms with van der Waals surface area (Å²) in [5.41, 5.74) is -1.65. The van der Waals surface area contributed by atoms with E-state index in [1.165, 1.54) is 48.6 Å². The first-order valence-electron chi connectivity index (χ1n) is 12.9. The molecule has 0 aliphatic heterocycles. The summed E-state index contributed by atoms with van der Waals surface area (Å²) in [5.74, 6) is -4.65. The van der Waals surface area contributed by atoms with Gasteiger partial charge in [-0.05, 0) is 60.4 Å². The molecule has 2 atom stereocenters. The van der Waals surface area contributed by atoms with Crippen LogP contribution in [-0.4, -0.2) is 90.8 Å². The van der Waals surface area contributed by atoms with Gasteiger partial charge in [-0.15, -0.1) is 0 Å². The van der Waals surface area contributed by atoms with Crippen molar-refractivity contribution in [2.24, 2.45) is 0 Å². The molecule has 1 saturated carbocycles. The topological polar surface area (TPSA) is 221 Å². The smallest absolute Gasteiger partial charge is 0.338 e. The molecule has 0 amide bonds. The molecular weight excluding hydrogens is 556 g/mol. The Morgan fingerprint density at radius 1 is 0.786 bits per heavy atom. The average molecular weight is 589 g/mol. The number of aliphatic hydroxyl groups excluding tert-OH is 2. The van der Waals surface area contributed by atoms with E-state index in [9.17, 15) is 45.0 Å². The highest BCUT2D eigenvalue weighted by molar-refractivity contribution is 5.88. The van der Waals surface area contributed by atoms with Crippen LogP contribution >= 0.6 is 0 Å². The Morgan fingerprint density at radius 3 is 1.69 bits per heavy atom. The van der Waals surface area contributed by atoms with E-state index in [2.05, 4.69) is 0 Å². The molecular formula is C29H32O13. The molecule has 2 aromatic carbocycles. The standard InChI is InChI=1S/C29H32O13/c30-11-1-2-12-40-28(38)29(39)15-23(41-25(35)9-5-17-3-7-19(31)21(33)13-17)27(37)24(16-29)42-26(36)10-6-18-4-8-20(32)22(34)14-18/h3-10,13-14,23-24,27,30-34,37,39H,1-2,11-12,15-16H2/b9-5+,10-6+/t23-,24-,27?,29?/m1/s1. The Bertz CT molecular complexity index is 1250. The number of phenolic OH excluding ortho intramolecular Hbond substituents is 4. The second kappa shape index (κ2) is 14.3. The number of ether oxygens (including phenoxy) is 3. The van der Waals surface area contributed by atoms with Gasteiger partial charge in [0, 0.05) is 31.6 Å². The lowest BCUT2D eigenvalue weighted by Gasteiger charge is -2.41.